The van der Waals surface area contributed by atoms with Gasteiger partial charge in [-0.15, -0.1) is 0 Å². The van der Waals surface area contributed by atoms with E-state index in [0.29, 0.717) is 0 Å². The molecule has 1 fully saturated rings. The van der Waals surface area contributed by atoms with E-state index in [9.17, 15) is 0 Å². The van der Waals surface area contributed by atoms with Crippen LogP contribution in [0.1, 0.15) is 73.2 Å². The lowest BCUT2D eigenvalue weighted by molar-refractivity contribution is 0.444. The monoisotopic (exact) mass is 370 g/mol. The molecule has 0 bridgehead atoms. The predicted octanol–water partition coefficient (Wildman–Crippen LogP) is 6.77. The molecular weight excluding hydrogens is 340 g/mol. The third kappa shape index (κ3) is 3.53. The molecule has 28 heavy (non-hydrogen) atoms. The minimum atomic E-state index is 0.733. The Morgan fingerprint density at radius 3 is 2.54 bits per heavy atom. The average molecular weight is 371 g/mol. The second-order valence-electron chi connectivity index (χ2n) is 8.57. The molecule has 0 unspecified atom stereocenters. The van der Waals surface area contributed by atoms with Crippen molar-refractivity contribution in [2.24, 2.45) is 0 Å². The van der Waals surface area contributed by atoms with Crippen LogP contribution < -0.4 is 5.32 Å². The Morgan fingerprint density at radius 1 is 0.857 bits per heavy atom. The van der Waals surface area contributed by atoms with Crippen molar-refractivity contribution in [2.75, 3.05) is 5.32 Å². The average Bonchev–Trinajstić information content (AvgIpc) is 2.77. The molecule has 1 heterocycles. The van der Waals surface area contributed by atoms with Crippen molar-refractivity contribution in [3.8, 4) is 0 Å². The summed E-state index contributed by atoms with van der Waals surface area (Å²) in [6.07, 6.45) is 11.7. The van der Waals surface area contributed by atoms with Gasteiger partial charge in [-0.3, -0.25) is 4.98 Å². The van der Waals surface area contributed by atoms with E-state index in [0.717, 1.165) is 25.3 Å². The molecule has 2 aliphatic carbocycles. The number of aromatic nitrogens is 1. The second-order valence-corrected chi connectivity index (χ2v) is 8.57. The van der Waals surface area contributed by atoms with Gasteiger partial charge in [0.05, 0.1) is 5.52 Å². The van der Waals surface area contributed by atoms with Gasteiger partial charge in [0.25, 0.3) is 0 Å². The van der Waals surface area contributed by atoms with Crippen LogP contribution in [0.3, 0.4) is 0 Å². The number of aryl methyl sites for hydroxylation is 1. The molecule has 0 aliphatic heterocycles. The van der Waals surface area contributed by atoms with Crippen LogP contribution in [0.15, 0.2) is 48.5 Å². The summed E-state index contributed by atoms with van der Waals surface area (Å²) in [6.45, 7) is 0.872. The van der Waals surface area contributed by atoms with E-state index in [1.807, 2.05) is 0 Å². The third-order valence-corrected chi connectivity index (χ3v) is 6.68. The van der Waals surface area contributed by atoms with E-state index in [4.69, 9.17) is 4.98 Å². The highest BCUT2D eigenvalue weighted by molar-refractivity contribution is 5.94. The Hall–Kier alpha value is -2.35. The number of anilines is 1. The van der Waals surface area contributed by atoms with Gasteiger partial charge in [-0.1, -0.05) is 61.7 Å². The lowest BCUT2D eigenvalue weighted by Crippen LogP contribution is -2.12. The molecule has 2 nitrogen and oxygen atoms in total. The summed E-state index contributed by atoms with van der Waals surface area (Å²) in [5.74, 6) is 0.733. The number of rotatable bonds is 4. The van der Waals surface area contributed by atoms with Crippen molar-refractivity contribution in [1.29, 1.82) is 0 Å². The molecule has 2 aromatic carbocycles. The fraction of sp³-hybridized carbons (Fsp3) is 0.423. The first-order valence-electron chi connectivity index (χ1n) is 11.1. The zero-order valence-electron chi connectivity index (χ0n) is 16.7. The van der Waals surface area contributed by atoms with Gasteiger partial charge in [0.2, 0.25) is 0 Å². The summed E-state index contributed by atoms with van der Waals surface area (Å²) in [5, 5.41) is 5.09. The largest absolute Gasteiger partial charge is 0.380 e. The number of pyridine rings is 1. The van der Waals surface area contributed by atoms with Crippen molar-refractivity contribution in [3.05, 3.63) is 70.9 Å². The van der Waals surface area contributed by atoms with E-state index >= 15 is 0 Å². The molecule has 0 radical (unpaired) electrons. The summed E-state index contributed by atoms with van der Waals surface area (Å²) in [4.78, 5) is 5.15. The van der Waals surface area contributed by atoms with Gasteiger partial charge in [-0.05, 0) is 67.2 Å². The molecule has 1 N–H and O–H groups in total. The van der Waals surface area contributed by atoms with Crippen LogP contribution >= 0.6 is 0 Å². The first-order valence-corrected chi connectivity index (χ1v) is 11.1. The van der Waals surface area contributed by atoms with Gasteiger partial charge in [0, 0.05) is 23.3 Å². The predicted molar refractivity (Wildman–Crippen MR) is 118 cm³/mol. The van der Waals surface area contributed by atoms with Crippen LogP contribution in [0, 0.1) is 0 Å². The summed E-state index contributed by atoms with van der Waals surface area (Å²) in [6, 6.07) is 17.8. The van der Waals surface area contributed by atoms with Crippen molar-refractivity contribution >= 4 is 16.6 Å². The highest BCUT2D eigenvalue weighted by atomic mass is 14.9. The molecule has 0 amide bonds. The smallest absolute Gasteiger partial charge is 0.0729 e. The Kier molecular flexibility index (Phi) is 5.03. The number of nitrogens with zero attached hydrogens (tertiary/aromatic N) is 1. The number of nitrogens with one attached hydrogen (secondary N) is 1. The number of hydrogen-bond acceptors (Lipinski definition) is 2. The first-order chi connectivity index (χ1) is 13.9. The molecule has 2 heteroatoms. The summed E-state index contributed by atoms with van der Waals surface area (Å²) >= 11 is 0. The molecule has 0 spiro atoms. The molecule has 3 aromatic rings. The van der Waals surface area contributed by atoms with Crippen LogP contribution in [0.2, 0.25) is 0 Å². The van der Waals surface area contributed by atoms with Gasteiger partial charge in [-0.2, -0.15) is 0 Å². The Morgan fingerprint density at radius 2 is 1.68 bits per heavy atom. The van der Waals surface area contributed by atoms with E-state index < -0.39 is 0 Å². The molecule has 0 saturated heterocycles. The van der Waals surface area contributed by atoms with Gasteiger partial charge in [0.15, 0.2) is 0 Å². The second kappa shape index (κ2) is 7.95. The molecule has 1 aromatic heterocycles. The Bertz CT molecular complexity index is 955. The molecule has 0 atom stereocenters. The van der Waals surface area contributed by atoms with Crippen molar-refractivity contribution in [3.63, 3.8) is 0 Å². The van der Waals surface area contributed by atoms with Gasteiger partial charge in [0.1, 0.15) is 0 Å². The van der Waals surface area contributed by atoms with Gasteiger partial charge >= 0.3 is 0 Å². The zero-order chi connectivity index (χ0) is 18.8. The molecule has 5 rings (SSSR count). The minimum Gasteiger partial charge on any atom is -0.380 e. The standard InChI is InChI=1S/C26H30N2/c1-3-9-19(10-4-1)18-27-26-22-13-7-8-14-24(22)28-25-17-21(15-16-23(25)26)20-11-5-2-6-12-20/h1,3-4,9-10,15-17,20H,2,5-8,11-14,18H2,(H,27,28). The summed E-state index contributed by atoms with van der Waals surface area (Å²) in [7, 11) is 0. The van der Waals surface area contributed by atoms with Crippen LogP contribution in [-0.4, -0.2) is 4.98 Å². The molecule has 144 valence electrons. The first kappa shape index (κ1) is 17.7. The molecule has 1 saturated carbocycles. The highest BCUT2D eigenvalue weighted by Crippen LogP contribution is 2.37. The number of fused-ring (bicyclic) bond motifs is 2. The van der Waals surface area contributed by atoms with Crippen molar-refractivity contribution in [2.45, 2.75) is 70.3 Å². The van der Waals surface area contributed by atoms with E-state index in [1.54, 1.807) is 0 Å². The normalized spacial score (nSPS) is 17.4. The number of hydrogen-bond donors (Lipinski definition) is 1. The summed E-state index contributed by atoms with van der Waals surface area (Å²) in [5.41, 5.74) is 8.15. The van der Waals surface area contributed by atoms with E-state index in [-0.39, 0.29) is 0 Å². The van der Waals surface area contributed by atoms with Crippen LogP contribution in [0.4, 0.5) is 5.69 Å². The number of benzene rings is 2. The maximum Gasteiger partial charge on any atom is 0.0729 e. The molecule has 2 aliphatic rings. The topological polar surface area (TPSA) is 24.9 Å². The van der Waals surface area contributed by atoms with Crippen molar-refractivity contribution in [1.82, 2.24) is 4.98 Å². The molecular formula is C26H30N2. The maximum atomic E-state index is 5.15. The fourth-order valence-corrected chi connectivity index (χ4v) is 5.12. The fourth-order valence-electron chi connectivity index (χ4n) is 5.12. The third-order valence-electron chi connectivity index (χ3n) is 6.68. The van der Waals surface area contributed by atoms with E-state index in [1.165, 1.54) is 83.9 Å². The van der Waals surface area contributed by atoms with Crippen LogP contribution in [0.5, 0.6) is 0 Å². The minimum absolute atomic E-state index is 0.733. The lowest BCUT2D eigenvalue weighted by Gasteiger charge is -2.24. The Balaban J connectivity index is 1.54. The van der Waals surface area contributed by atoms with E-state index in [2.05, 4.69) is 53.8 Å². The Labute approximate surface area is 168 Å². The van der Waals surface area contributed by atoms with Crippen LogP contribution in [0.25, 0.3) is 10.9 Å². The quantitative estimate of drug-likeness (QED) is 0.548. The van der Waals surface area contributed by atoms with Gasteiger partial charge < -0.3 is 5.32 Å². The van der Waals surface area contributed by atoms with Gasteiger partial charge in [-0.25, -0.2) is 0 Å². The lowest BCUT2D eigenvalue weighted by atomic mass is 9.83. The zero-order valence-corrected chi connectivity index (χ0v) is 16.7. The van der Waals surface area contributed by atoms with Crippen LogP contribution in [-0.2, 0) is 19.4 Å². The highest BCUT2D eigenvalue weighted by Gasteiger charge is 2.20. The summed E-state index contributed by atoms with van der Waals surface area (Å²) < 4.78 is 0. The van der Waals surface area contributed by atoms with Crippen molar-refractivity contribution < 1.29 is 0 Å². The SMILES string of the molecule is c1ccc(CNc2c3c(nc4cc(C5CCCCC5)ccc24)CCCC3)cc1. The maximum absolute atomic E-state index is 5.15.